The van der Waals surface area contributed by atoms with Gasteiger partial charge in [-0.15, -0.1) is 0 Å². The van der Waals surface area contributed by atoms with Crippen molar-refractivity contribution in [3.63, 3.8) is 0 Å². The van der Waals surface area contributed by atoms with E-state index in [1.807, 2.05) is 13.2 Å². The van der Waals surface area contributed by atoms with Crippen LogP contribution in [0.4, 0.5) is 4.39 Å². The first kappa shape index (κ1) is 18.3. The van der Waals surface area contributed by atoms with Crippen LogP contribution in [0.1, 0.15) is 24.8 Å². The fraction of sp³-hybridized carbons (Fsp3) is 0.700. The molecule has 4 rings (SSSR count). The second-order valence-corrected chi connectivity index (χ2v) is 8.04. The van der Waals surface area contributed by atoms with Crippen LogP contribution < -0.4 is 10.9 Å². The molecule has 6 heteroatoms. The van der Waals surface area contributed by atoms with Crippen LogP contribution in [0.5, 0.6) is 0 Å². The fourth-order valence-corrected chi connectivity index (χ4v) is 4.81. The van der Waals surface area contributed by atoms with Crippen LogP contribution in [0, 0.1) is 11.7 Å². The molecule has 3 aliphatic rings. The van der Waals surface area contributed by atoms with Crippen LogP contribution in [0.3, 0.4) is 0 Å². The van der Waals surface area contributed by atoms with Crippen molar-refractivity contribution in [2.45, 2.75) is 44.0 Å². The molecule has 1 aromatic carbocycles. The Bertz CT molecular complexity index is 593. The Morgan fingerprint density at radius 1 is 1.12 bits per heavy atom. The zero-order valence-corrected chi connectivity index (χ0v) is 15.7. The van der Waals surface area contributed by atoms with Gasteiger partial charge < -0.3 is 4.74 Å². The van der Waals surface area contributed by atoms with Gasteiger partial charge in [0.25, 0.3) is 0 Å². The molecule has 0 spiro atoms. The number of rotatable bonds is 5. The van der Waals surface area contributed by atoms with Crippen LogP contribution in [0.2, 0.25) is 0 Å². The van der Waals surface area contributed by atoms with E-state index in [1.54, 1.807) is 12.1 Å². The summed E-state index contributed by atoms with van der Waals surface area (Å²) in [5.74, 6) is 0.524. The molecule has 4 atom stereocenters. The highest BCUT2D eigenvalue weighted by atomic mass is 19.1. The second kappa shape index (κ2) is 8.31. The number of halogens is 1. The van der Waals surface area contributed by atoms with Gasteiger partial charge in [0, 0.05) is 58.5 Å². The molecule has 0 amide bonds. The molecular weight excluding hydrogens is 331 g/mol. The molecule has 1 aliphatic carbocycles. The number of methoxy groups -OCH3 is 1. The van der Waals surface area contributed by atoms with Crippen LogP contribution in [0.25, 0.3) is 0 Å². The summed E-state index contributed by atoms with van der Waals surface area (Å²) < 4.78 is 19.0. The van der Waals surface area contributed by atoms with E-state index in [1.165, 1.54) is 12.5 Å². The maximum atomic E-state index is 13.4. The molecule has 4 unspecified atom stereocenters. The van der Waals surface area contributed by atoms with Gasteiger partial charge in [0.05, 0.1) is 6.10 Å². The fourth-order valence-electron chi connectivity index (χ4n) is 4.81. The Morgan fingerprint density at radius 2 is 1.92 bits per heavy atom. The predicted molar refractivity (Wildman–Crippen MR) is 100 cm³/mol. The van der Waals surface area contributed by atoms with Gasteiger partial charge in [0.2, 0.25) is 0 Å². The Morgan fingerprint density at radius 3 is 2.69 bits per heavy atom. The second-order valence-electron chi connectivity index (χ2n) is 8.04. The number of nitrogens with zero attached hydrogens (tertiary/aromatic N) is 2. The van der Waals surface area contributed by atoms with Crippen LogP contribution >= 0.6 is 0 Å². The van der Waals surface area contributed by atoms with Gasteiger partial charge in [0.15, 0.2) is 0 Å². The van der Waals surface area contributed by atoms with Crippen molar-refractivity contribution in [3.05, 3.63) is 35.6 Å². The topological polar surface area (TPSA) is 39.8 Å². The minimum atomic E-state index is -0.141. The van der Waals surface area contributed by atoms with Crippen molar-refractivity contribution < 1.29 is 9.13 Å². The number of piperazine rings is 1. The summed E-state index contributed by atoms with van der Waals surface area (Å²) in [5, 5.41) is 0. The van der Waals surface area contributed by atoms with E-state index < -0.39 is 0 Å². The third-order valence-corrected chi connectivity index (χ3v) is 6.37. The SMILES string of the molecule is COC1CCC2NNC(CN3CCN(Cc4cccc(F)c4)CC3)C2C1. The van der Waals surface area contributed by atoms with E-state index >= 15 is 0 Å². The molecule has 1 saturated carbocycles. The summed E-state index contributed by atoms with van der Waals surface area (Å²) in [5.41, 5.74) is 8.12. The number of ether oxygens (including phenoxy) is 1. The highest BCUT2D eigenvalue weighted by molar-refractivity contribution is 5.16. The first-order chi connectivity index (χ1) is 12.7. The van der Waals surface area contributed by atoms with Crippen molar-refractivity contribution in [1.82, 2.24) is 20.7 Å². The molecule has 144 valence electrons. The molecule has 26 heavy (non-hydrogen) atoms. The molecule has 0 aromatic heterocycles. The van der Waals surface area contributed by atoms with Crippen molar-refractivity contribution >= 4 is 0 Å². The van der Waals surface area contributed by atoms with E-state index in [0.29, 0.717) is 24.1 Å². The van der Waals surface area contributed by atoms with Crippen molar-refractivity contribution in [2.24, 2.45) is 5.92 Å². The summed E-state index contributed by atoms with van der Waals surface area (Å²) in [7, 11) is 1.84. The molecule has 0 radical (unpaired) electrons. The lowest BCUT2D eigenvalue weighted by molar-refractivity contribution is 0.0391. The van der Waals surface area contributed by atoms with Gasteiger partial charge in [-0.05, 0) is 42.9 Å². The first-order valence-electron chi connectivity index (χ1n) is 9.94. The third kappa shape index (κ3) is 4.26. The zero-order valence-electron chi connectivity index (χ0n) is 15.7. The van der Waals surface area contributed by atoms with Crippen LogP contribution in [-0.2, 0) is 11.3 Å². The molecule has 2 N–H and O–H groups in total. The Kier molecular flexibility index (Phi) is 5.86. The Balaban J connectivity index is 1.25. The highest BCUT2D eigenvalue weighted by Crippen LogP contribution is 2.32. The number of benzene rings is 1. The number of nitrogens with one attached hydrogen (secondary N) is 2. The number of hydrogen-bond donors (Lipinski definition) is 2. The Hall–Kier alpha value is -1.05. The van der Waals surface area contributed by atoms with Crippen molar-refractivity contribution in [2.75, 3.05) is 39.8 Å². The number of hydrogen-bond acceptors (Lipinski definition) is 5. The van der Waals surface area contributed by atoms with Crippen molar-refractivity contribution in [1.29, 1.82) is 0 Å². The quantitative estimate of drug-likeness (QED) is 0.833. The standard InChI is InChI=1S/C20H31FN4O/c1-26-17-5-6-19-18(12-17)20(23-22-19)14-25-9-7-24(8-10-25)13-15-3-2-4-16(21)11-15/h2-4,11,17-20,22-23H,5-10,12-14H2,1H3. The minimum Gasteiger partial charge on any atom is -0.381 e. The van der Waals surface area contributed by atoms with Gasteiger partial charge in [-0.3, -0.25) is 20.7 Å². The smallest absolute Gasteiger partial charge is 0.123 e. The molecule has 3 fully saturated rings. The van der Waals surface area contributed by atoms with E-state index in [9.17, 15) is 4.39 Å². The molecule has 2 heterocycles. The van der Waals surface area contributed by atoms with Gasteiger partial charge >= 0.3 is 0 Å². The van der Waals surface area contributed by atoms with Gasteiger partial charge in [-0.25, -0.2) is 4.39 Å². The molecular formula is C20H31FN4O. The highest BCUT2D eigenvalue weighted by Gasteiger charge is 2.41. The first-order valence-corrected chi connectivity index (χ1v) is 9.94. The molecule has 2 saturated heterocycles. The van der Waals surface area contributed by atoms with Crippen LogP contribution in [0.15, 0.2) is 24.3 Å². The molecule has 1 aromatic rings. The maximum absolute atomic E-state index is 13.4. The van der Waals surface area contributed by atoms with Gasteiger partial charge in [-0.2, -0.15) is 0 Å². The summed E-state index contributed by atoms with van der Waals surface area (Å²) >= 11 is 0. The summed E-state index contributed by atoms with van der Waals surface area (Å²) in [6.07, 6.45) is 3.95. The summed E-state index contributed by atoms with van der Waals surface area (Å²) in [6, 6.07) is 8.08. The van der Waals surface area contributed by atoms with Crippen LogP contribution in [-0.4, -0.2) is 67.8 Å². The summed E-state index contributed by atoms with van der Waals surface area (Å²) in [6.45, 7) is 6.20. The maximum Gasteiger partial charge on any atom is 0.123 e. The average Bonchev–Trinajstić information content (AvgIpc) is 3.05. The lowest BCUT2D eigenvalue weighted by Crippen LogP contribution is -2.51. The normalized spacial score (nSPS) is 33.3. The van der Waals surface area contributed by atoms with Gasteiger partial charge in [0.1, 0.15) is 5.82 Å². The lowest BCUT2D eigenvalue weighted by atomic mass is 9.80. The number of fused-ring (bicyclic) bond motifs is 1. The van der Waals surface area contributed by atoms with E-state index in [2.05, 4.69) is 20.7 Å². The molecule has 2 aliphatic heterocycles. The lowest BCUT2D eigenvalue weighted by Gasteiger charge is -2.38. The largest absolute Gasteiger partial charge is 0.381 e. The predicted octanol–water partition coefficient (Wildman–Crippen LogP) is 1.60. The molecule has 5 nitrogen and oxygen atoms in total. The van der Waals surface area contributed by atoms with E-state index in [0.717, 1.165) is 57.7 Å². The van der Waals surface area contributed by atoms with E-state index in [-0.39, 0.29) is 5.82 Å². The van der Waals surface area contributed by atoms with Crippen molar-refractivity contribution in [3.8, 4) is 0 Å². The minimum absolute atomic E-state index is 0.141. The zero-order chi connectivity index (χ0) is 17.9. The number of hydrazine groups is 1. The summed E-state index contributed by atoms with van der Waals surface area (Å²) in [4.78, 5) is 5.00. The third-order valence-electron chi connectivity index (χ3n) is 6.37. The molecule has 0 bridgehead atoms. The van der Waals surface area contributed by atoms with Gasteiger partial charge in [-0.1, -0.05) is 12.1 Å². The van der Waals surface area contributed by atoms with E-state index in [4.69, 9.17) is 4.74 Å². The monoisotopic (exact) mass is 362 g/mol. The average molecular weight is 362 g/mol. The Labute approximate surface area is 155 Å².